The summed E-state index contributed by atoms with van der Waals surface area (Å²) in [5.41, 5.74) is 2.55. The maximum Gasteiger partial charge on any atom is 0.159 e. The summed E-state index contributed by atoms with van der Waals surface area (Å²) in [7, 11) is 0. The predicted molar refractivity (Wildman–Crippen MR) is 122 cm³/mol. The lowest BCUT2D eigenvalue weighted by Crippen LogP contribution is -2.14. The molecule has 0 radical (unpaired) electrons. The van der Waals surface area contributed by atoms with E-state index in [0.29, 0.717) is 29.4 Å². The van der Waals surface area contributed by atoms with Crippen molar-refractivity contribution in [3.8, 4) is 0 Å². The second-order valence-corrected chi connectivity index (χ2v) is 9.18. The zero-order valence-corrected chi connectivity index (χ0v) is 18.3. The molecule has 0 unspecified atom stereocenters. The number of aryl methyl sites for hydroxylation is 3. The van der Waals surface area contributed by atoms with E-state index in [0.717, 1.165) is 29.7 Å². The Morgan fingerprint density at radius 2 is 1.42 bits per heavy atom. The van der Waals surface area contributed by atoms with E-state index in [1.807, 2.05) is 18.2 Å². The number of fused-ring (bicyclic) bond motifs is 1. The monoisotopic (exact) mass is 424 g/mol. The van der Waals surface area contributed by atoms with Crippen LogP contribution in [0.3, 0.4) is 0 Å². The van der Waals surface area contributed by atoms with Crippen molar-refractivity contribution < 1.29 is 13.2 Å². The summed E-state index contributed by atoms with van der Waals surface area (Å²) in [4.78, 5) is 0. The quantitative estimate of drug-likeness (QED) is 0.359. The van der Waals surface area contributed by atoms with Crippen LogP contribution in [0.15, 0.2) is 48.5 Å². The molecule has 0 N–H and O–H groups in total. The normalized spacial score (nSPS) is 19.1. The third-order valence-corrected chi connectivity index (χ3v) is 7.15. The summed E-state index contributed by atoms with van der Waals surface area (Å²) in [6.07, 6.45) is 9.95. The lowest BCUT2D eigenvalue weighted by Gasteiger charge is -2.27. The van der Waals surface area contributed by atoms with Gasteiger partial charge in [-0.05, 0) is 71.7 Å². The Kier molecular flexibility index (Phi) is 6.99. The Hall–Kier alpha value is -2.29. The molecule has 3 aromatic rings. The van der Waals surface area contributed by atoms with Gasteiger partial charge in [-0.1, -0.05) is 75.4 Å². The Morgan fingerprint density at radius 3 is 2.16 bits per heavy atom. The summed E-state index contributed by atoms with van der Waals surface area (Å²) < 4.78 is 41.5. The van der Waals surface area contributed by atoms with Crippen LogP contribution in [0.1, 0.15) is 62.1 Å². The van der Waals surface area contributed by atoms with Crippen molar-refractivity contribution in [2.45, 2.75) is 64.7 Å². The van der Waals surface area contributed by atoms with Crippen molar-refractivity contribution in [1.29, 1.82) is 0 Å². The molecule has 0 amide bonds. The highest BCUT2D eigenvalue weighted by Crippen LogP contribution is 2.33. The van der Waals surface area contributed by atoms with E-state index in [9.17, 15) is 8.78 Å². The largest absolute Gasteiger partial charge is 0.206 e. The van der Waals surface area contributed by atoms with Gasteiger partial charge in [0, 0.05) is 5.39 Å². The van der Waals surface area contributed by atoms with Crippen LogP contribution in [-0.2, 0) is 19.3 Å². The van der Waals surface area contributed by atoms with Crippen LogP contribution in [0.25, 0.3) is 10.8 Å². The van der Waals surface area contributed by atoms with Gasteiger partial charge in [0.25, 0.3) is 0 Å². The van der Waals surface area contributed by atoms with Crippen LogP contribution in [0, 0.1) is 29.3 Å². The Balaban J connectivity index is 1.39. The average Bonchev–Trinajstić information content (AvgIpc) is 2.80. The van der Waals surface area contributed by atoms with E-state index in [1.54, 1.807) is 6.07 Å². The molecule has 3 heteroatoms. The highest BCUT2D eigenvalue weighted by Gasteiger charge is 2.19. The minimum atomic E-state index is -0.859. The van der Waals surface area contributed by atoms with Gasteiger partial charge < -0.3 is 0 Å². The molecule has 0 spiro atoms. The van der Waals surface area contributed by atoms with Crippen LogP contribution in [-0.4, -0.2) is 0 Å². The first-order valence-electron chi connectivity index (χ1n) is 11.7. The molecular formula is C28H31F3. The Morgan fingerprint density at radius 1 is 0.710 bits per heavy atom. The van der Waals surface area contributed by atoms with Gasteiger partial charge in [0.1, 0.15) is 5.82 Å². The highest BCUT2D eigenvalue weighted by molar-refractivity contribution is 5.84. The number of hydrogen-bond donors (Lipinski definition) is 0. The van der Waals surface area contributed by atoms with Crippen molar-refractivity contribution in [2.75, 3.05) is 0 Å². The van der Waals surface area contributed by atoms with Crippen LogP contribution in [0.5, 0.6) is 0 Å². The zero-order chi connectivity index (χ0) is 21.8. The van der Waals surface area contributed by atoms with E-state index >= 15 is 4.39 Å². The minimum Gasteiger partial charge on any atom is -0.206 e. The zero-order valence-electron chi connectivity index (χ0n) is 18.3. The van der Waals surface area contributed by atoms with Crippen molar-refractivity contribution >= 4 is 10.8 Å². The molecule has 164 valence electrons. The van der Waals surface area contributed by atoms with Gasteiger partial charge in [0.05, 0.1) is 0 Å². The van der Waals surface area contributed by atoms with Gasteiger partial charge in [0.2, 0.25) is 0 Å². The van der Waals surface area contributed by atoms with E-state index in [1.165, 1.54) is 50.2 Å². The number of hydrogen-bond acceptors (Lipinski definition) is 0. The van der Waals surface area contributed by atoms with Crippen LogP contribution < -0.4 is 0 Å². The van der Waals surface area contributed by atoms with Gasteiger partial charge in [0.15, 0.2) is 11.6 Å². The Bertz CT molecular complexity index is 1030. The highest BCUT2D eigenvalue weighted by atomic mass is 19.2. The molecule has 1 saturated carbocycles. The summed E-state index contributed by atoms with van der Waals surface area (Å²) in [6, 6.07) is 13.8. The standard InChI is InChI=1S/C28H31F3/c1-2-19-3-5-20(6-4-19)7-8-21-10-15-25-24(17-21)14-13-23(28(25)31)12-9-22-11-16-26(29)27(30)18-22/h10-11,13-20H,2-9,12H2,1H3. The van der Waals surface area contributed by atoms with Crippen molar-refractivity contribution in [3.05, 3.63) is 82.7 Å². The smallest absolute Gasteiger partial charge is 0.159 e. The fraction of sp³-hybridized carbons (Fsp3) is 0.429. The van der Waals surface area contributed by atoms with Gasteiger partial charge in [-0.25, -0.2) is 13.2 Å². The number of benzene rings is 3. The maximum atomic E-state index is 15.1. The molecule has 0 bridgehead atoms. The molecule has 0 nitrogen and oxygen atoms in total. The summed E-state index contributed by atoms with van der Waals surface area (Å²) >= 11 is 0. The molecule has 1 aliphatic rings. The molecule has 3 aromatic carbocycles. The maximum absolute atomic E-state index is 15.1. The average molecular weight is 425 g/mol. The third kappa shape index (κ3) is 5.31. The molecule has 0 saturated heterocycles. The van der Waals surface area contributed by atoms with E-state index < -0.39 is 11.6 Å². The second-order valence-electron chi connectivity index (χ2n) is 9.18. The molecular weight excluding hydrogens is 393 g/mol. The molecule has 0 heterocycles. The molecule has 1 fully saturated rings. The fourth-order valence-corrected chi connectivity index (χ4v) is 5.01. The number of rotatable bonds is 7. The summed E-state index contributed by atoms with van der Waals surface area (Å²) in [6.45, 7) is 2.30. The lowest BCUT2D eigenvalue weighted by molar-refractivity contribution is 0.259. The first kappa shape index (κ1) is 21.9. The first-order valence-corrected chi connectivity index (χ1v) is 11.7. The lowest BCUT2D eigenvalue weighted by atomic mass is 9.78. The first-order chi connectivity index (χ1) is 15.0. The van der Waals surface area contributed by atoms with Crippen molar-refractivity contribution in [3.63, 3.8) is 0 Å². The fourth-order valence-electron chi connectivity index (χ4n) is 5.01. The summed E-state index contributed by atoms with van der Waals surface area (Å²) in [5, 5.41) is 1.57. The molecule has 1 aliphatic carbocycles. The van der Waals surface area contributed by atoms with Crippen molar-refractivity contribution in [1.82, 2.24) is 0 Å². The number of halogens is 3. The van der Waals surface area contributed by atoms with Gasteiger partial charge >= 0.3 is 0 Å². The van der Waals surface area contributed by atoms with Gasteiger partial charge in [-0.15, -0.1) is 0 Å². The third-order valence-electron chi connectivity index (χ3n) is 7.15. The molecule has 31 heavy (non-hydrogen) atoms. The van der Waals surface area contributed by atoms with Gasteiger partial charge in [-0.2, -0.15) is 0 Å². The van der Waals surface area contributed by atoms with Crippen LogP contribution in [0.4, 0.5) is 13.2 Å². The molecule has 4 rings (SSSR count). The predicted octanol–water partition coefficient (Wildman–Crippen LogP) is 8.19. The van der Waals surface area contributed by atoms with Crippen LogP contribution in [0.2, 0.25) is 0 Å². The summed E-state index contributed by atoms with van der Waals surface area (Å²) in [5.74, 6) is -0.165. The molecule has 0 atom stereocenters. The topological polar surface area (TPSA) is 0 Å². The minimum absolute atomic E-state index is 0.204. The molecule has 0 aromatic heterocycles. The second kappa shape index (κ2) is 9.89. The van der Waals surface area contributed by atoms with E-state index in [-0.39, 0.29) is 5.82 Å². The van der Waals surface area contributed by atoms with E-state index in [4.69, 9.17) is 0 Å². The SMILES string of the molecule is CCC1CCC(CCc2ccc3c(F)c(CCc4ccc(F)c(F)c4)ccc3c2)CC1. The Labute approximate surface area is 183 Å². The molecule has 0 aliphatic heterocycles. The van der Waals surface area contributed by atoms with Crippen molar-refractivity contribution in [2.24, 2.45) is 11.8 Å². The van der Waals surface area contributed by atoms with E-state index in [2.05, 4.69) is 19.1 Å². The van der Waals surface area contributed by atoms with Crippen LogP contribution >= 0.6 is 0 Å². The van der Waals surface area contributed by atoms with Gasteiger partial charge in [-0.3, -0.25) is 0 Å².